The SMILES string of the molecule is CCCCCCCCCCCCCCCCCCCCC(=O)O[C@H](COC(=O)CCCCCCCCCCCCCCCCC(C)C)COC(=O)CCCCCCCCCCCCCCC(C)C. The molecule has 0 saturated carbocycles. The highest BCUT2D eigenvalue weighted by molar-refractivity contribution is 5.71. The van der Waals surface area contributed by atoms with Crippen molar-refractivity contribution in [3.63, 3.8) is 0 Å². The van der Waals surface area contributed by atoms with Gasteiger partial charge in [-0.3, -0.25) is 14.4 Å². The molecule has 68 heavy (non-hydrogen) atoms. The van der Waals surface area contributed by atoms with Crippen molar-refractivity contribution >= 4 is 17.9 Å². The van der Waals surface area contributed by atoms with Crippen molar-refractivity contribution in [2.75, 3.05) is 13.2 Å². The van der Waals surface area contributed by atoms with Crippen LogP contribution in [0.3, 0.4) is 0 Å². The van der Waals surface area contributed by atoms with E-state index in [2.05, 4.69) is 34.6 Å². The Morgan fingerprint density at radius 2 is 0.485 bits per heavy atom. The zero-order valence-corrected chi connectivity index (χ0v) is 46.7. The first-order valence-corrected chi connectivity index (χ1v) is 30.7. The van der Waals surface area contributed by atoms with Gasteiger partial charge in [-0.25, -0.2) is 0 Å². The van der Waals surface area contributed by atoms with Crippen molar-refractivity contribution in [3.8, 4) is 0 Å². The van der Waals surface area contributed by atoms with E-state index in [1.807, 2.05) is 0 Å². The first-order valence-electron chi connectivity index (χ1n) is 30.7. The third kappa shape index (κ3) is 55.3. The normalized spacial score (nSPS) is 12.0. The number of hydrogen-bond donors (Lipinski definition) is 0. The first-order chi connectivity index (χ1) is 33.2. The van der Waals surface area contributed by atoms with Crippen LogP contribution in [0.15, 0.2) is 0 Å². The smallest absolute Gasteiger partial charge is 0.306 e. The summed E-state index contributed by atoms with van der Waals surface area (Å²) in [6.45, 7) is 11.4. The molecule has 0 aliphatic rings. The summed E-state index contributed by atoms with van der Waals surface area (Å²) in [7, 11) is 0. The molecule has 0 aromatic carbocycles. The molecule has 6 nitrogen and oxygen atoms in total. The molecule has 0 unspecified atom stereocenters. The molecular formula is C62H120O6. The molecule has 0 spiro atoms. The number of hydrogen-bond acceptors (Lipinski definition) is 6. The number of rotatable bonds is 56. The van der Waals surface area contributed by atoms with Gasteiger partial charge < -0.3 is 14.2 Å². The second kappa shape index (κ2) is 54.7. The van der Waals surface area contributed by atoms with Gasteiger partial charge >= 0.3 is 17.9 Å². The summed E-state index contributed by atoms with van der Waals surface area (Å²) in [5.74, 6) is 0.844. The van der Waals surface area contributed by atoms with Gasteiger partial charge in [0.05, 0.1) is 0 Å². The summed E-state index contributed by atoms with van der Waals surface area (Å²) in [4.78, 5) is 38.2. The van der Waals surface area contributed by atoms with E-state index in [1.165, 1.54) is 238 Å². The lowest BCUT2D eigenvalue weighted by Gasteiger charge is -2.18. The standard InChI is InChI=1S/C62H120O6/c1-6-7-8-9-10-11-12-13-14-15-16-17-22-29-34-39-44-49-54-62(65)68-59(56-67-61(64)53-48-43-38-33-28-24-23-26-31-36-41-46-51-58(4)5)55-66-60(63)52-47-42-37-32-27-21-19-18-20-25-30-35-40-45-50-57(2)3/h57-59H,6-56H2,1-5H3/t59-/m1/s1. The summed E-state index contributed by atoms with van der Waals surface area (Å²) >= 11 is 0. The van der Waals surface area contributed by atoms with Crippen LogP contribution < -0.4 is 0 Å². The van der Waals surface area contributed by atoms with Gasteiger partial charge in [0, 0.05) is 19.3 Å². The largest absolute Gasteiger partial charge is 0.462 e. The van der Waals surface area contributed by atoms with Crippen LogP contribution in [0, 0.1) is 11.8 Å². The minimum Gasteiger partial charge on any atom is -0.462 e. The Morgan fingerprint density at radius 1 is 0.279 bits per heavy atom. The van der Waals surface area contributed by atoms with Crippen LogP contribution in [-0.2, 0) is 28.6 Å². The Hall–Kier alpha value is -1.59. The van der Waals surface area contributed by atoms with Crippen LogP contribution in [-0.4, -0.2) is 37.2 Å². The maximum Gasteiger partial charge on any atom is 0.306 e. The second-order valence-electron chi connectivity index (χ2n) is 22.3. The van der Waals surface area contributed by atoms with E-state index >= 15 is 0 Å². The Labute approximate surface area is 425 Å². The molecule has 0 N–H and O–H groups in total. The van der Waals surface area contributed by atoms with Crippen molar-refractivity contribution in [1.82, 2.24) is 0 Å². The van der Waals surface area contributed by atoms with Crippen LogP contribution in [0.5, 0.6) is 0 Å². The quantitative estimate of drug-likeness (QED) is 0.0343. The molecule has 0 fully saturated rings. The van der Waals surface area contributed by atoms with Crippen LogP contribution in [0.4, 0.5) is 0 Å². The molecule has 0 rings (SSSR count). The monoisotopic (exact) mass is 961 g/mol. The van der Waals surface area contributed by atoms with Gasteiger partial charge in [-0.05, 0) is 31.1 Å². The fourth-order valence-corrected chi connectivity index (χ4v) is 9.58. The Bertz CT molecular complexity index is 1040. The molecule has 0 aromatic heterocycles. The van der Waals surface area contributed by atoms with E-state index in [0.29, 0.717) is 19.3 Å². The summed E-state index contributed by atoms with van der Waals surface area (Å²) < 4.78 is 16.9. The predicted octanol–water partition coefficient (Wildman–Crippen LogP) is 20.4. The molecular weight excluding hydrogens is 841 g/mol. The van der Waals surface area contributed by atoms with E-state index in [4.69, 9.17) is 14.2 Å². The number of esters is 3. The lowest BCUT2D eigenvalue weighted by atomic mass is 10.0. The highest BCUT2D eigenvalue weighted by Crippen LogP contribution is 2.19. The van der Waals surface area contributed by atoms with Crippen molar-refractivity contribution in [3.05, 3.63) is 0 Å². The average molecular weight is 962 g/mol. The topological polar surface area (TPSA) is 78.9 Å². The van der Waals surface area contributed by atoms with Crippen LogP contribution >= 0.6 is 0 Å². The van der Waals surface area contributed by atoms with Gasteiger partial charge in [-0.15, -0.1) is 0 Å². The number of ether oxygens (including phenoxy) is 3. The van der Waals surface area contributed by atoms with E-state index in [0.717, 1.165) is 69.6 Å². The van der Waals surface area contributed by atoms with E-state index in [1.54, 1.807) is 0 Å². The van der Waals surface area contributed by atoms with Gasteiger partial charge in [-0.2, -0.15) is 0 Å². The second-order valence-corrected chi connectivity index (χ2v) is 22.3. The molecule has 0 bridgehead atoms. The van der Waals surface area contributed by atoms with Crippen molar-refractivity contribution in [2.45, 2.75) is 355 Å². The van der Waals surface area contributed by atoms with Crippen molar-refractivity contribution in [1.29, 1.82) is 0 Å². The Kier molecular flexibility index (Phi) is 53.5. The maximum absolute atomic E-state index is 12.9. The van der Waals surface area contributed by atoms with E-state index < -0.39 is 6.10 Å². The summed E-state index contributed by atoms with van der Waals surface area (Å²) in [5.41, 5.74) is 0. The number of carbonyl (C=O) groups excluding carboxylic acids is 3. The molecule has 0 saturated heterocycles. The zero-order chi connectivity index (χ0) is 49.6. The lowest BCUT2D eigenvalue weighted by molar-refractivity contribution is -0.167. The zero-order valence-electron chi connectivity index (χ0n) is 46.7. The predicted molar refractivity (Wildman–Crippen MR) is 293 cm³/mol. The molecule has 404 valence electrons. The van der Waals surface area contributed by atoms with Gasteiger partial charge in [-0.1, -0.05) is 311 Å². The summed E-state index contributed by atoms with van der Waals surface area (Å²) in [5, 5.41) is 0. The van der Waals surface area contributed by atoms with Crippen LogP contribution in [0.1, 0.15) is 349 Å². The highest BCUT2D eigenvalue weighted by Gasteiger charge is 2.19. The van der Waals surface area contributed by atoms with Crippen LogP contribution in [0.2, 0.25) is 0 Å². The van der Waals surface area contributed by atoms with E-state index in [9.17, 15) is 14.4 Å². The molecule has 0 aromatic rings. The highest BCUT2D eigenvalue weighted by atomic mass is 16.6. The fraction of sp³-hybridized carbons (Fsp3) is 0.952. The van der Waals surface area contributed by atoms with Gasteiger partial charge in [0.1, 0.15) is 13.2 Å². The maximum atomic E-state index is 12.9. The minimum atomic E-state index is -0.763. The molecule has 1 atom stereocenters. The van der Waals surface area contributed by atoms with Crippen molar-refractivity contribution in [2.24, 2.45) is 11.8 Å². The molecule has 0 amide bonds. The molecule has 0 heterocycles. The van der Waals surface area contributed by atoms with Gasteiger partial charge in [0.25, 0.3) is 0 Å². The Morgan fingerprint density at radius 3 is 0.721 bits per heavy atom. The first kappa shape index (κ1) is 66.4. The minimum absolute atomic E-state index is 0.0623. The average Bonchev–Trinajstić information content (AvgIpc) is 3.31. The molecule has 0 radical (unpaired) electrons. The third-order valence-corrected chi connectivity index (χ3v) is 14.2. The van der Waals surface area contributed by atoms with Crippen LogP contribution in [0.25, 0.3) is 0 Å². The molecule has 6 heteroatoms. The van der Waals surface area contributed by atoms with Gasteiger partial charge in [0.2, 0.25) is 0 Å². The van der Waals surface area contributed by atoms with Crippen molar-refractivity contribution < 1.29 is 28.6 Å². The summed E-state index contributed by atoms with van der Waals surface area (Å²) in [6.07, 6.45) is 59.5. The number of carbonyl (C=O) groups is 3. The molecule has 0 aliphatic heterocycles. The Balaban J connectivity index is 4.29. The third-order valence-electron chi connectivity index (χ3n) is 14.2. The fourth-order valence-electron chi connectivity index (χ4n) is 9.58. The number of unbranched alkanes of at least 4 members (excludes halogenated alkanes) is 41. The van der Waals surface area contributed by atoms with E-state index in [-0.39, 0.29) is 31.1 Å². The lowest BCUT2D eigenvalue weighted by Crippen LogP contribution is -2.30. The molecule has 0 aliphatic carbocycles. The van der Waals surface area contributed by atoms with Gasteiger partial charge in [0.15, 0.2) is 6.10 Å². The summed E-state index contributed by atoms with van der Waals surface area (Å²) in [6, 6.07) is 0.